The molecule has 0 unspecified atom stereocenters. The van der Waals surface area contributed by atoms with E-state index in [0.29, 0.717) is 16.9 Å². The van der Waals surface area contributed by atoms with Crippen LogP contribution in [0.3, 0.4) is 0 Å². The van der Waals surface area contributed by atoms with Gasteiger partial charge in [0.1, 0.15) is 5.69 Å². The summed E-state index contributed by atoms with van der Waals surface area (Å²) in [4.78, 5) is 2.24. The highest BCUT2D eigenvalue weighted by Gasteiger charge is 2.18. The number of rotatable bonds is 4. The first kappa shape index (κ1) is 18.9. The number of halogens is 1. The third-order valence-corrected chi connectivity index (χ3v) is 5.34. The van der Waals surface area contributed by atoms with Crippen LogP contribution in [-0.4, -0.2) is 22.9 Å². The summed E-state index contributed by atoms with van der Waals surface area (Å²) in [5, 5.41) is 13.6. The van der Waals surface area contributed by atoms with Crippen molar-refractivity contribution in [1.29, 1.82) is 5.26 Å². The summed E-state index contributed by atoms with van der Waals surface area (Å²) >= 11 is 0. The predicted molar refractivity (Wildman–Crippen MR) is 114 cm³/mol. The first-order valence-corrected chi connectivity index (χ1v) is 9.88. The number of allylic oxidation sites excluding steroid dienone is 1. The molecule has 5 heteroatoms. The van der Waals surface area contributed by atoms with E-state index < -0.39 is 0 Å². The van der Waals surface area contributed by atoms with Crippen LogP contribution in [0.25, 0.3) is 22.5 Å². The van der Waals surface area contributed by atoms with E-state index in [1.807, 2.05) is 31.2 Å². The fourth-order valence-corrected chi connectivity index (χ4v) is 3.71. The van der Waals surface area contributed by atoms with Gasteiger partial charge in [0.05, 0.1) is 23.0 Å². The van der Waals surface area contributed by atoms with Crippen LogP contribution in [0.15, 0.2) is 55.1 Å². The number of anilines is 1. The van der Waals surface area contributed by atoms with E-state index in [1.54, 1.807) is 28.9 Å². The van der Waals surface area contributed by atoms with Gasteiger partial charge < -0.3 is 4.90 Å². The number of benzene rings is 2. The molecule has 29 heavy (non-hydrogen) atoms. The zero-order valence-electron chi connectivity index (χ0n) is 16.5. The summed E-state index contributed by atoms with van der Waals surface area (Å²) in [6.45, 7) is 7.79. The summed E-state index contributed by atoms with van der Waals surface area (Å²) in [7, 11) is 0. The van der Waals surface area contributed by atoms with Gasteiger partial charge in [-0.1, -0.05) is 18.7 Å². The lowest BCUT2D eigenvalue weighted by Gasteiger charge is -2.29. The van der Waals surface area contributed by atoms with Crippen molar-refractivity contribution in [3.63, 3.8) is 0 Å². The molecule has 1 fully saturated rings. The van der Waals surface area contributed by atoms with E-state index in [-0.39, 0.29) is 5.82 Å². The molecule has 0 atom stereocenters. The molecule has 0 aliphatic carbocycles. The quantitative estimate of drug-likeness (QED) is 0.588. The van der Waals surface area contributed by atoms with Crippen LogP contribution >= 0.6 is 0 Å². The lowest BCUT2D eigenvalue weighted by Crippen LogP contribution is -2.29. The van der Waals surface area contributed by atoms with Crippen molar-refractivity contribution in [2.75, 3.05) is 18.0 Å². The fraction of sp³-hybridized carbons (Fsp3) is 0.250. The zero-order chi connectivity index (χ0) is 20.4. The van der Waals surface area contributed by atoms with Gasteiger partial charge in [-0.2, -0.15) is 10.4 Å². The van der Waals surface area contributed by atoms with Gasteiger partial charge in [0, 0.05) is 24.3 Å². The van der Waals surface area contributed by atoms with E-state index in [9.17, 15) is 0 Å². The van der Waals surface area contributed by atoms with Gasteiger partial charge in [0.2, 0.25) is 0 Å². The second kappa shape index (κ2) is 7.92. The molecule has 0 spiro atoms. The molecule has 1 aliphatic heterocycles. The molecule has 0 radical (unpaired) electrons. The Bertz CT molecular complexity index is 1080. The summed E-state index contributed by atoms with van der Waals surface area (Å²) < 4.78 is 16.8. The maximum atomic E-state index is 15.2. The summed E-state index contributed by atoms with van der Waals surface area (Å²) in [5.74, 6) is -0.306. The monoisotopic (exact) mass is 386 g/mol. The van der Waals surface area contributed by atoms with Crippen LogP contribution in [0, 0.1) is 17.1 Å². The lowest BCUT2D eigenvalue weighted by molar-refractivity contribution is 0.572. The van der Waals surface area contributed by atoms with Gasteiger partial charge in [0.15, 0.2) is 5.82 Å². The van der Waals surface area contributed by atoms with Crippen molar-refractivity contribution in [3.05, 3.63) is 72.2 Å². The molecule has 1 aliphatic rings. The van der Waals surface area contributed by atoms with Crippen LogP contribution < -0.4 is 4.90 Å². The molecule has 3 aromatic rings. The fourth-order valence-electron chi connectivity index (χ4n) is 3.71. The molecule has 146 valence electrons. The van der Waals surface area contributed by atoms with Crippen LogP contribution in [0.2, 0.25) is 0 Å². The number of nitriles is 1. The second-order valence-electron chi connectivity index (χ2n) is 7.48. The van der Waals surface area contributed by atoms with Gasteiger partial charge in [-0.3, -0.25) is 0 Å². The van der Waals surface area contributed by atoms with Crippen molar-refractivity contribution in [2.45, 2.75) is 26.2 Å². The van der Waals surface area contributed by atoms with Crippen molar-refractivity contribution < 1.29 is 4.39 Å². The van der Waals surface area contributed by atoms with Crippen LogP contribution in [0.4, 0.5) is 10.1 Å². The molecule has 4 rings (SSSR count). The molecule has 1 saturated heterocycles. The third kappa shape index (κ3) is 3.79. The number of nitrogens with zero attached hydrogens (tertiary/aromatic N) is 4. The second-order valence-corrected chi connectivity index (χ2v) is 7.48. The number of piperidine rings is 1. The molecular weight excluding hydrogens is 363 g/mol. The number of aromatic nitrogens is 2. The van der Waals surface area contributed by atoms with Gasteiger partial charge in [-0.05, 0) is 68.2 Å². The Morgan fingerprint density at radius 2 is 1.79 bits per heavy atom. The zero-order valence-corrected chi connectivity index (χ0v) is 16.5. The van der Waals surface area contributed by atoms with Gasteiger partial charge in [-0.25, -0.2) is 9.07 Å². The first-order chi connectivity index (χ1) is 14.1. The smallest absolute Gasteiger partial charge is 0.150 e. The van der Waals surface area contributed by atoms with Crippen LogP contribution in [-0.2, 0) is 0 Å². The topological polar surface area (TPSA) is 44.9 Å². The minimum absolute atomic E-state index is 0.306. The summed E-state index contributed by atoms with van der Waals surface area (Å²) in [6.07, 6.45) is 3.53. The Kier molecular flexibility index (Phi) is 5.18. The maximum absolute atomic E-state index is 15.2. The Hall–Kier alpha value is -3.39. The third-order valence-electron chi connectivity index (χ3n) is 5.34. The van der Waals surface area contributed by atoms with Gasteiger partial charge in [0.25, 0.3) is 0 Å². The highest BCUT2D eigenvalue weighted by molar-refractivity contribution is 5.69. The highest BCUT2D eigenvalue weighted by Crippen LogP contribution is 2.30. The molecule has 0 saturated carbocycles. The van der Waals surface area contributed by atoms with E-state index in [1.165, 1.54) is 6.42 Å². The molecule has 0 bridgehead atoms. The summed E-state index contributed by atoms with van der Waals surface area (Å²) in [5.41, 5.74) is 5.04. The van der Waals surface area contributed by atoms with Crippen molar-refractivity contribution >= 4 is 11.3 Å². The molecule has 0 amide bonds. The van der Waals surface area contributed by atoms with Gasteiger partial charge in [-0.15, -0.1) is 0 Å². The average molecular weight is 386 g/mol. The largest absolute Gasteiger partial charge is 0.371 e. The number of hydrogen-bond donors (Lipinski definition) is 0. The number of hydrogen-bond acceptors (Lipinski definition) is 3. The molecular formula is C24H23FN4. The molecule has 4 nitrogen and oxygen atoms in total. The lowest BCUT2D eigenvalue weighted by atomic mass is 10.1. The van der Waals surface area contributed by atoms with E-state index >= 15 is 4.39 Å². The van der Waals surface area contributed by atoms with Crippen molar-refractivity contribution in [3.8, 4) is 23.0 Å². The Morgan fingerprint density at radius 3 is 2.41 bits per heavy atom. The Balaban J connectivity index is 1.77. The van der Waals surface area contributed by atoms with Gasteiger partial charge >= 0.3 is 0 Å². The Labute approximate surface area is 170 Å². The van der Waals surface area contributed by atoms with Crippen molar-refractivity contribution in [1.82, 2.24) is 9.78 Å². The van der Waals surface area contributed by atoms with Crippen LogP contribution in [0.1, 0.15) is 37.4 Å². The molecule has 0 N–H and O–H groups in total. The average Bonchev–Trinajstić information content (AvgIpc) is 3.20. The van der Waals surface area contributed by atoms with E-state index in [4.69, 9.17) is 5.26 Å². The van der Waals surface area contributed by atoms with Crippen molar-refractivity contribution in [2.24, 2.45) is 0 Å². The minimum atomic E-state index is -0.306. The van der Waals surface area contributed by atoms with E-state index in [2.05, 4.69) is 22.6 Å². The van der Waals surface area contributed by atoms with Crippen LogP contribution in [0.5, 0.6) is 0 Å². The molecule has 2 heterocycles. The summed E-state index contributed by atoms with van der Waals surface area (Å²) in [6, 6.07) is 16.6. The predicted octanol–water partition coefficient (Wildman–Crippen LogP) is 5.57. The Morgan fingerprint density at radius 1 is 1.07 bits per heavy atom. The maximum Gasteiger partial charge on any atom is 0.150 e. The SMILES string of the molecule is C=C(C)c1cc(-c2ccc(C#N)cc2)n(-c2ccc(N3CCCCC3)cc2F)n1. The normalized spacial score (nSPS) is 13.9. The molecule has 1 aromatic heterocycles. The first-order valence-electron chi connectivity index (χ1n) is 9.88. The highest BCUT2D eigenvalue weighted by atomic mass is 19.1. The van der Waals surface area contributed by atoms with E-state index in [0.717, 1.165) is 48.4 Å². The molecule has 2 aromatic carbocycles. The minimum Gasteiger partial charge on any atom is -0.371 e. The standard InChI is InChI=1S/C24H23FN4/c1-17(2)22-15-24(19-8-6-18(16-26)7-9-19)29(27-22)23-11-10-20(14-21(23)25)28-12-4-3-5-13-28/h6-11,14-15H,1,3-5,12-13H2,2H3.